The topological polar surface area (TPSA) is 159 Å². The van der Waals surface area contributed by atoms with E-state index in [0.717, 1.165) is 15.8 Å². The fourth-order valence-electron chi connectivity index (χ4n) is 6.59. The van der Waals surface area contributed by atoms with Crippen LogP contribution in [0.3, 0.4) is 0 Å². The van der Waals surface area contributed by atoms with Crippen molar-refractivity contribution in [3.8, 4) is 11.5 Å². The monoisotopic (exact) mass is 759 g/mol. The number of fused-ring (bicyclic) bond motifs is 1. The number of carbonyl (C=O) groups is 3. The Balaban J connectivity index is 1.37. The van der Waals surface area contributed by atoms with Crippen molar-refractivity contribution >= 4 is 38.8 Å². The Morgan fingerprint density at radius 3 is 2.20 bits per heavy atom. The predicted octanol–water partition coefficient (Wildman–Crippen LogP) is 4.48. The average Bonchev–Trinajstić information content (AvgIpc) is 3.41. The number of hydrogen-bond acceptors (Lipinski definition) is 9. The van der Waals surface area contributed by atoms with Gasteiger partial charge in [0.25, 0.3) is 5.91 Å². The van der Waals surface area contributed by atoms with Gasteiger partial charge in [0, 0.05) is 18.5 Å². The number of hydrogen-bond donors (Lipinski definition) is 2. The van der Waals surface area contributed by atoms with E-state index in [0.29, 0.717) is 22.7 Å². The number of nitrogens with zero attached hydrogens (tertiary/aromatic N) is 4. The maximum atomic E-state index is 14.2. The van der Waals surface area contributed by atoms with Crippen LogP contribution in [0, 0.1) is 11.8 Å². The van der Waals surface area contributed by atoms with Crippen LogP contribution in [0.2, 0.25) is 0 Å². The SMILES string of the molecule is COc1ccc(S(=O)(=O)N(CC(C)C)C[C@@H](O)[C@H](Cc2ccccc2)NC(=O)C(C(C)C)N2CC(=O)N(Cc3ccc4cc(OC)ccc4n3)C2=O)cc1. The van der Waals surface area contributed by atoms with Gasteiger partial charge in [0.05, 0.1) is 49.0 Å². The standard InChI is InChI=1S/C40H49N5O8S/c1-26(2)22-43(54(50,51)33-17-14-31(52-5)15-18-33)24-36(46)35(20-28-10-8-7-9-11-28)42-39(48)38(27(3)4)45-25-37(47)44(40(45)49)23-30-13-12-29-21-32(53-6)16-19-34(29)41-30/h7-19,21,26-27,35-36,38,46H,20,22-25H2,1-6H3,(H,42,48)/t35-,36+,38?/m0/s1. The van der Waals surface area contributed by atoms with Gasteiger partial charge in [-0.25, -0.2) is 13.2 Å². The van der Waals surface area contributed by atoms with Gasteiger partial charge in [0.2, 0.25) is 15.9 Å². The number of urea groups is 1. The van der Waals surface area contributed by atoms with E-state index < -0.39 is 52.0 Å². The van der Waals surface area contributed by atoms with Gasteiger partial charge in [-0.05, 0) is 72.4 Å². The van der Waals surface area contributed by atoms with Crippen LogP contribution in [-0.2, 0) is 32.6 Å². The molecule has 2 heterocycles. The zero-order chi connectivity index (χ0) is 39.2. The Morgan fingerprint density at radius 1 is 0.907 bits per heavy atom. The van der Waals surface area contributed by atoms with Gasteiger partial charge >= 0.3 is 6.03 Å². The van der Waals surface area contributed by atoms with Gasteiger partial charge in [-0.15, -0.1) is 0 Å². The number of carbonyl (C=O) groups excluding carboxylic acids is 3. The lowest BCUT2D eigenvalue weighted by Crippen LogP contribution is -2.57. The molecule has 2 N–H and O–H groups in total. The van der Waals surface area contributed by atoms with Crippen LogP contribution in [0.15, 0.2) is 89.8 Å². The number of aliphatic hydroxyl groups is 1. The highest BCUT2D eigenvalue weighted by Crippen LogP contribution is 2.25. The number of sulfonamides is 1. The minimum atomic E-state index is -4.06. The number of nitrogens with one attached hydrogen (secondary N) is 1. The number of benzene rings is 3. The van der Waals surface area contributed by atoms with E-state index in [-0.39, 0.29) is 43.4 Å². The molecule has 1 saturated heterocycles. The van der Waals surface area contributed by atoms with Crippen LogP contribution in [0.25, 0.3) is 10.9 Å². The first-order valence-electron chi connectivity index (χ1n) is 17.9. The molecule has 1 aliphatic rings. The number of amides is 4. The van der Waals surface area contributed by atoms with E-state index in [2.05, 4.69) is 10.3 Å². The molecule has 0 bridgehead atoms. The molecule has 1 aliphatic heterocycles. The van der Waals surface area contributed by atoms with E-state index in [1.807, 2.05) is 56.3 Å². The van der Waals surface area contributed by atoms with E-state index in [1.165, 1.54) is 28.4 Å². The van der Waals surface area contributed by atoms with Crippen molar-refractivity contribution in [3.63, 3.8) is 0 Å². The van der Waals surface area contributed by atoms with E-state index in [1.54, 1.807) is 51.3 Å². The highest BCUT2D eigenvalue weighted by Gasteiger charge is 2.44. The molecule has 1 unspecified atom stereocenters. The van der Waals surface area contributed by atoms with Gasteiger partial charge < -0.3 is 24.8 Å². The first-order chi connectivity index (χ1) is 25.7. The fourth-order valence-corrected chi connectivity index (χ4v) is 8.21. The zero-order valence-electron chi connectivity index (χ0n) is 31.5. The first kappa shape index (κ1) is 40.1. The molecular formula is C40H49N5O8S. The summed E-state index contributed by atoms with van der Waals surface area (Å²) in [7, 11) is -0.987. The number of pyridine rings is 1. The van der Waals surface area contributed by atoms with Crippen molar-refractivity contribution < 1.29 is 37.4 Å². The summed E-state index contributed by atoms with van der Waals surface area (Å²) in [4.78, 5) is 48.4. The first-order valence-corrected chi connectivity index (χ1v) is 19.4. The van der Waals surface area contributed by atoms with Crippen LogP contribution in [0.5, 0.6) is 11.5 Å². The van der Waals surface area contributed by atoms with E-state index in [4.69, 9.17) is 9.47 Å². The molecule has 1 fully saturated rings. The summed E-state index contributed by atoms with van der Waals surface area (Å²) in [5.41, 5.74) is 1.98. The van der Waals surface area contributed by atoms with Gasteiger partial charge in [-0.2, -0.15) is 4.31 Å². The predicted molar refractivity (Wildman–Crippen MR) is 204 cm³/mol. The summed E-state index contributed by atoms with van der Waals surface area (Å²) in [5, 5.41) is 15.6. The molecule has 4 aromatic rings. The smallest absolute Gasteiger partial charge is 0.328 e. The summed E-state index contributed by atoms with van der Waals surface area (Å²) < 4.78 is 39.5. The Hall–Kier alpha value is -5.05. The number of rotatable bonds is 17. The van der Waals surface area contributed by atoms with Crippen molar-refractivity contribution in [3.05, 3.63) is 96.2 Å². The largest absolute Gasteiger partial charge is 0.497 e. The van der Waals surface area contributed by atoms with Crippen molar-refractivity contribution in [1.29, 1.82) is 0 Å². The van der Waals surface area contributed by atoms with Crippen LogP contribution in [0.1, 0.15) is 39.0 Å². The minimum absolute atomic E-state index is 0.0422. The van der Waals surface area contributed by atoms with E-state index >= 15 is 0 Å². The van der Waals surface area contributed by atoms with Crippen LogP contribution in [-0.4, -0.2) is 103 Å². The zero-order valence-corrected chi connectivity index (χ0v) is 32.3. The van der Waals surface area contributed by atoms with Crippen molar-refractivity contribution in [2.75, 3.05) is 33.9 Å². The molecule has 4 amide bonds. The third-order valence-corrected chi connectivity index (χ3v) is 11.2. The molecule has 5 rings (SSSR count). The Morgan fingerprint density at radius 2 is 1.57 bits per heavy atom. The Bertz CT molecular complexity index is 2040. The fraction of sp³-hybridized carbons (Fsp3) is 0.400. The molecule has 3 aromatic carbocycles. The summed E-state index contributed by atoms with van der Waals surface area (Å²) in [6.07, 6.45) is -1.17. The van der Waals surface area contributed by atoms with Crippen LogP contribution in [0.4, 0.5) is 4.79 Å². The second-order valence-electron chi connectivity index (χ2n) is 14.2. The van der Waals surface area contributed by atoms with Crippen LogP contribution < -0.4 is 14.8 Å². The summed E-state index contributed by atoms with van der Waals surface area (Å²) >= 11 is 0. The molecule has 288 valence electrons. The van der Waals surface area contributed by atoms with Gasteiger partial charge in [-0.1, -0.05) is 64.1 Å². The molecule has 3 atom stereocenters. The third kappa shape index (κ3) is 9.35. The second kappa shape index (κ2) is 17.4. The molecule has 54 heavy (non-hydrogen) atoms. The maximum Gasteiger partial charge on any atom is 0.328 e. The Kier molecular flexibility index (Phi) is 12.9. The van der Waals surface area contributed by atoms with Crippen molar-refractivity contribution in [2.45, 2.75) is 63.7 Å². The molecule has 0 aliphatic carbocycles. The molecule has 13 nitrogen and oxygen atoms in total. The summed E-state index contributed by atoms with van der Waals surface area (Å²) in [5.74, 6) is -0.350. The molecule has 14 heteroatoms. The van der Waals surface area contributed by atoms with E-state index in [9.17, 15) is 27.9 Å². The number of ether oxygens (including phenoxy) is 2. The molecule has 0 saturated carbocycles. The van der Waals surface area contributed by atoms with Gasteiger partial charge in [0.15, 0.2) is 0 Å². The van der Waals surface area contributed by atoms with Gasteiger partial charge in [0.1, 0.15) is 24.1 Å². The molecule has 1 aromatic heterocycles. The van der Waals surface area contributed by atoms with Crippen molar-refractivity contribution in [1.82, 2.24) is 24.4 Å². The lowest BCUT2D eigenvalue weighted by atomic mass is 9.97. The lowest BCUT2D eigenvalue weighted by Gasteiger charge is -2.34. The third-order valence-electron chi connectivity index (χ3n) is 9.34. The van der Waals surface area contributed by atoms with Gasteiger partial charge in [-0.3, -0.25) is 19.5 Å². The number of aliphatic hydroxyl groups excluding tert-OH is 1. The summed E-state index contributed by atoms with van der Waals surface area (Å²) in [6.45, 7) is 6.73. The van der Waals surface area contributed by atoms with Crippen molar-refractivity contribution in [2.24, 2.45) is 11.8 Å². The lowest BCUT2D eigenvalue weighted by molar-refractivity contribution is -0.129. The molecular weight excluding hydrogens is 711 g/mol. The quantitative estimate of drug-likeness (QED) is 0.148. The number of methoxy groups -OCH3 is 2. The molecule has 0 radical (unpaired) electrons. The minimum Gasteiger partial charge on any atom is -0.497 e. The normalized spacial score (nSPS) is 15.3. The Labute approximate surface area is 316 Å². The number of imide groups is 1. The highest BCUT2D eigenvalue weighted by molar-refractivity contribution is 7.89. The maximum absolute atomic E-state index is 14.2. The molecule has 0 spiro atoms. The highest BCUT2D eigenvalue weighted by atomic mass is 32.2. The number of aromatic nitrogens is 1. The average molecular weight is 760 g/mol. The van der Waals surface area contributed by atoms with Crippen LogP contribution >= 0.6 is 0 Å². The second-order valence-corrected chi connectivity index (χ2v) is 16.1. The summed E-state index contributed by atoms with van der Waals surface area (Å²) in [6, 6.07) is 21.6.